The van der Waals surface area contributed by atoms with E-state index >= 15 is 0 Å². The molecule has 1 aliphatic heterocycles. The van der Waals surface area contributed by atoms with Gasteiger partial charge >= 0.3 is 12.2 Å². The van der Waals surface area contributed by atoms with Crippen LogP contribution in [0.4, 0.5) is 9.59 Å². The van der Waals surface area contributed by atoms with Gasteiger partial charge in [-0.1, -0.05) is 30.3 Å². The van der Waals surface area contributed by atoms with Crippen LogP contribution in [0.3, 0.4) is 0 Å². The van der Waals surface area contributed by atoms with Crippen LogP contribution in [0.2, 0.25) is 0 Å². The Hall–Kier alpha value is -2.77. The molecule has 4 aliphatic carbocycles. The summed E-state index contributed by atoms with van der Waals surface area (Å²) in [4.78, 5) is 40.2. The fourth-order valence-electron chi connectivity index (χ4n) is 7.47. The number of carbonyl (C=O) groups is 3. The molecule has 1 saturated heterocycles. The van der Waals surface area contributed by atoms with Gasteiger partial charge in [-0.25, -0.2) is 9.59 Å². The number of hydrogen-bond donors (Lipinski definition) is 2. The van der Waals surface area contributed by atoms with Crippen LogP contribution >= 0.6 is 0 Å². The Balaban J connectivity index is 1.30. The molecule has 6 rings (SSSR count). The smallest absolute Gasteiger partial charge is 0.410 e. The van der Waals surface area contributed by atoms with Crippen molar-refractivity contribution < 1.29 is 23.9 Å². The van der Waals surface area contributed by atoms with Gasteiger partial charge in [0, 0.05) is 6.54 Å². The summed E-state index contributed by atoms with van der Waals surface area (Å²) in [7, 11) is 0. The van der Waals surface area contributed by atoms with E-state index in [0.29, 0.717) is 25.3 Å². The van der Waals surface area contributed by atoms with Gasteiger partial charge < -0.3 is 25.4 Å². The lowest BCUT2D eigenvalue weighted by Crippen LogP contribution is -2.59. The molecule has 1 heterocycles. The molecule has 4 atom stereocenters. The fourth-order valence-corrected chi connectivity index (χ4v) is 7.47. The van der Waals surface area contributed by atoms with Crippen LogP contribution in [0.1, 0.15) is 64.9 Å². The van der Waals surface area contributed by atoms with E-state index in [4.69, 9.17) is 15.2 Å². The Kier molecular flexibility index (Phi) is 6.41. The van der Waals surface area contributed by atoms with Gasteiger partial charge in [0.2, 0.25) is 5.91 Å². The van der Waals surface area contributed by atoms with Crippen molar-refractivity contribution in [1.29, 1.82) is 0 Å². The van der Waals surface area contributed by atoms with Crippen LogP contribution in [0.25, 0.3) is 0 Å². The number of amides is 3. The van der Waals surface area contributed by atoms with Gasteiger partial charge in [-0.05, 0) is 89.0 Å². The molecule has 5 aliphatic rings. The number of carbonyl (C=O) groups excluding carboxylic acids is 3. The number of likely N-dealkylation sites (tertiary alicyclic amines) is 1. The first kappa shape index (κ1) is 24.9. The lowest BCUT2D eigenvalue weighted by molar-refractivity contribution is -0.161. The van der Waals surface area contributed by atoms with Crippen LogP contribution in [-0.4, -0.2) is 53.3 Å². The number of nitrogens with two attached hydrogens (primary N) is 1. The van der Waals surface area contributed by atoms with Gasteiger partial charge in [0.05, 0.1) is 17.5 Å². The molecule has 8 nitrogen and oxygen atoms in total. The van der Waals surface area contributed by atoms with Gasteiger partial charge in [-0.3, -0.25) is 4.79 Å². The zero-order valence-electron chi connectivity index (χ0n) is 21.6. The maximum atomic E-state index is 13.6. The highest BCUT2D eigenvalue weighted by atomic mass is 16.6. The van der Waals surface area contributed by atoms with Crippen molar-refractivity contribution in [2.45, 2.75) is 89.5 Å². The molecule has 0 spiro atoms. The van der Waals surface area contributed by atoms with Crippen molar-refractivity contribution in [3.05, 3.63) is 35.9 Å². The molecule has 36 heavy (non-hydrogen) atoms. The minimum atomic E-state index is -0.599. The van der Waals surface area contributed by atoms with E-state index in [0.717, 1.165) is 37.7 Å². The molecule has 4 bridgehead atoms. The average molecular weight is 498 g/mol. The third-order valence-corrected chi connectivity index (χ3v) is 8.72. The van der Waals surface area contributed by atoms with Crippen LogP contribution in [0.15, 0.2) is 30.3 Å². The Bertz CT molecular complexity index is 990. The second-order valence-corrected chi connectivity index (χ2v) is 12.5. The maximum absolute atomic E-state index is 13.6. The van der Waals surface area contributed by atoms with Gasteiger partial charge in [0.1, 0.15) is 11.7 Å². The maximum Gasteiger partial charge on any atom is 0.410 e. The number of benzene rings is 1. The van der Waals surface area contributed by atoms with E-state index in [-0.39, 0.29) is 42.0 Å². The average Bonchev–Trinajstić information content (AvgIpc) is 3.17. The Morgan fingerprint density at radius 2 is 1.75 bits per heavy atom. The van der Waals surface area contributed by atoms with E-state index < -0.39 is 17.1 Å². The third-order valence-electron chi connectivity index (χ3n) is 8.72. The number of primary amides is 1. The Morgan fingerprint density at radius 3 is 2.36 bits per heavy atom. The van der Waals surface area contributed by atoms with Crippen LogP contribution in [0.5, 0.6) is 0 Å². The highest BCUT2D eigenvalue weighted by Gasteiger charge is 2.59. The number of rotatable bonds is 5. The minimum absolute atomic E-state index is 0.170. The third kappa shape index (κ3) is 4.91. The molecule has 5 fully saturated rings. The largest absolute Gasteiger partial charge is 0.446 e. The molecule has 3 amide bonds. The lowest BCUT2D eigenvalue weighted by atomic mass is 9.48. The summed E-state index contributed by atoms with van der Waals surface area (Å²) in [5.41, 5.74) is 5.91. The molecule has 0 aromatic heterocycles. The Morgan fingerprint density at radius 1 is 1.08 bits per heavy atom. The topological polar surface area (TPSA) is 111 Å². The van der Waals surface area contributed by atoms with Crippen molar-refractivity contribution in [2.24, 2.45) is 28.9 Å². The van der Waals surface area contributed by atoms with E-state index in [9.17, 15) is 14.4 Å². The lowest BCUT2D eigenvalue weighted by Gasteiger charge is -2.58. The van der Waals surface area contributed by atoms with E-state index in [2.05, 4.69) is 5.32 Å². The van der Waals surface area contributed by atoms with E-state index in [1.807, 2.05) is 51.1 Å². The predicted octanol–water partition coefficient (Wildman–Crippen LogP) is 4.01. The fraction of sp³-hybridized carbons (Fsp3) is 0.679. The van der Waals surface area contributed by atoms with E-state index in [1.54, 1.807) is 4.90 Å². The summed E-state index contributed by atoms with van der Waals surface area (Å²) >= 11 is 0. The van der Waals surface area contributed by atoms with Crippen molar-refractivity contribution in [2.75, 3.05) is 6.54 Å². The van der Waals surface area contributed by atoms with E-state index in [1.165, 1.54) is 0 Å². The first-order valence-corrected chi connectivity index (χ1v) is 13.3. The van der Waals surface area contributed by atoms with Gasteiger partial charge in [0.15, 0.2) is 0 Å². The highest BCUT2D eigenvalue weighted by Crippen LogP contribution is 2.60. The molecule has 196 valence electrons. The zero-order chi connectivity index (χ0) is 25.7. The quantitative estimate of drug-likeness (QED) is 0.638. The summed E-state index contributed by atoms with van der Waals surface area (Å²) in [6.45, 7) is 6.01. The van der Waals surface area contributed by atoms with Gasteiger partial charge in [-0.15, -0.1) is 0 Å². The SMILES string of the molecule is CC(C)(C)OC(=O)N[C@@H]1CCN(C(=O)OC2C3CC4CC2CC(C(N)=O)(C4)C3)[C@H]1Cc1ccccc1. The molecule has 0 radical (unpaired) electrons. The summed E-state index contributed by atoms with van der Waals surface area (Å²) in [5, 5.41) is 3.00. The summed E-state index contributed by atoms with van der Waals surface area (Å²) in [6.07, 6.45) is 4.62. The van der Waals surface area contributed by atoms with Gasteiger partial charge in [-0.2, -0.15) is 0 Å². The molecule has 8 heteroatoms. The minimum Gasteiger partial charge on any atom is -0.446 e. The number of ether oxygens (including phenoxy) is 2. The predicted molar refractivity (Wildman–Crippen MR) is 134 cm³/mol. The molecule has 3 N–H and O–H groups in total. The Labute approximate surface area is 213 Å². The molecular formula is C28H39N3O5. The molecule has 1 aromatic carbocycles. The van der Waals surface area contributed by atoms with Crippen molar-refractivity contribution >= 4 is 18.1 Å². The molecular weight excluding hydrogens is 458 g/mol. The summed E-state index contributed by atoms with van der Waals surface area (Å²) in [5.74, 6) is 0.701. The zero-order valence-corrected chi connectivity index (χ0v) is 21.6. The summed E-state index contributed by atoms with van der Waals surface area (Å²) < 4.78 is 11.7. The number of alkyl carbamates (subject to hydrolysis) is 1. The molecule has 2 unspecified atom stereocenters. The second kappa shape index (κ2) is 9.27. The molecule has 1 aromatic rings. The number of nitrogens with one attached hydrogen (secondary N) is 1. The molecule has 4 saturated carbocycles. The monoisotopic (exact) mass is 497 g/mol. The first-order chi connectivity index (χ1) is 17.0. The van der Waals surface area contributed by atoms with Crippen molar-refractivity contribution in [3.63, 3.8) is 0 Å². The number of hydrogen-bond acceptors (Lipinski definition) is 5. The summed E-state index contributed by atoms with van der Waals surface area (Å²) in [6, 6.07) is 9.52. The normalized spacial score (nSPS) is 34.9. The van der Waals surface area contributed by atoms with Crippen molar-refractivity contribution in [3.8, 4) is 0 Å². The van der Waals surface area contributed by atoms with Crippen LogP contribution in [-0.2, 0) is 20.7 Å². The van der Waals surface area contributed by atoms with Crippen LogP contribution in [0, 0.1) is 23.2 Å². The number of nitrogens with zero attached hydrogens (tertiary/aromatic N) is 1. The van der Waals surface area contributed by atoms with Gasteiger partial charge in [0.25, 0.3) is 0 Å². The van der Waals surface area contributed by atoms with Crippen LogP contribution < -0.4 is 11.1 Å². The second-order valence-electron chi connectivity index (χ2n) is 12.5. The van der Waals surface area contributed by atoms with Crippen molar-refractivity contribution in [1.82, 2.24) is 10.2 Å². The standard InChI is InChI=1S/C28H39N3O5/c1-27(2,3)36-25(33)30-21-9-10-31(22(21)13-17-7-5-4-6-8-17)26(34)35-23-19-11-18-12-20(23)16-28(14-18,15-19)24(29)32/h4-8,18-23H,9-16H2,1-3H3,(H2,29,32)(H,30,33)/t18?,19?,20?,21-,22+,23?,28?/m1/s1. The first-order valence-electron chi connectivity index (χ1n) is 13.3. The highest BCUT2D eigenvalue weighted by molar-refractivity contribution is 5.81.